The number of aromatic nitrogens is 2. The molecule has 0 bridgehead atoms. The maximum absolute atomic E-state index is 11.7. The third kappa shape index (κ3) is 1.53. The Kier molecular flexibility index (Phi) is 2.18. The van der Waals surface area contributed by atoms with Crippen molar-refractivity contribution in [3.05, 3.63) is 42.2 Å². The topological polar surface area (TPSA) is 68.0 Å². The van der Waals surface area contributed by atoms with Gasteiger partial charge in [-0.2, -0.15) is 0 Å². The molecule has 1 aliphatic heterocycles. The summed E-state index contributed by atoms with van der Waals surface area (Å²) in [7, 11) is 0. The zero-order valence-electron chi connectivity index (χ0n) is 10.8. The van der Waals surface area contributed by atoms with Crippen molar-refractivity contribution in [2.24, 2.45) is 0 Å². The Labute approximate surface area is 114 Å². The van der Waals surface area contributed by atoms with Crippen LogP contribution < -0.4 is 5.32 Å². The van der Waals surface area contributed by atoms with Gasteiger partial charge in [0.25, 0.3) is 0 Å². The Morgan fingerprint density at radius 3 is 2.85 bits per heavy atom. The number of carbonyl (C=O) groups is 1. The number of oxazole rings is 1. The van der Waals surface area contributed by atoms with E-state index in [0.717, 1.165) is 22.3 Å². The minimum absolute atomic E-state index is 0.0158. The lowest BCUT2D eigenvalue weighted by Gasteiger charge is -1.98. The van der Waals surface area contributed by atoms with Gasteiger partial charge in [0.1, 0.15) is 5.52 Å². The van der Waals surface area contributed by atoms with Crippen LogP contribution in [0, 0.1) is 0 Å². The van der Waals surface area contributed by atoms with Crippen LogP contribution in [0.4, 0.5) is 5.69 Å². The minimum Gasteiger partial charge on any atom is -0.436 e. The van der Waals surface area contributed by atoms with Crippen molar-refractivity contribution in [2.45, 2.75) is 12.8 Å². The average molecular weight is 265 g/mol. The van der Waals surface area contributed by atoms with Crippen LogP contribution in [-0.2, 0) is 4.79 Å². The van der Waals surface area contributed by atoms with E-state index in [1.807, 2.05) is 31.2 Å². The second kappa shape index (κ2) is 3.90. The van der Waals surface area contributed by atoms with Crippen LogP contribution in [0.1, 0.15) is 18.4 Å². The molecule has 20 heavy (non-hydrogen) atoms. The summed E-state index contributed by atoms with van der Waals surface area (Å²) in [6.45, 7) is 1.89. The number of hydrogen-bond donors (Lipinski definition) is 1. The van der Waals surface area contributed by atoms with Gasteiger partial charge in [-0.15, -0.1) is 0 Å². The Morgan fingerprint density at radius 2 is 2.05 bits per heavy atom. The van der Waals surface area contributed by atoms with E-state index < -0.39 is 0 Å². The number of amides is 1. The number of benzene rings is 1. The molecule has 4 rings (SSSR count). The molecule has 5 heteroatoms. The highest BCUT2D eigenvalue weighted by atomic mass is 16.3. The number of pyridine rings is 1. The molecule has 2 aromatic heterocycles. The Bertz CT molecular complexity index is 824. The van der Waals surface area contributed by atoms with Gasteiger partial charge >= 0.3 is 0 Å². The van der Waals surface area contributed by atoms with Crippen molar-refractivity contribution < 1.29 is 9.21 Å². The summed E-state index contributed by atoms with van der Waals surface area (Å²) in [6, 6.07) is 7.46. The predicted molar refractivity (Wildman–Crippen MR) is 74.3 cm³/mol. The summed E-state index contributed by atoms with van der Waals surface area (Å²) >= 11 is 0. The van der Waals surface area contributed by atoms with E-state index in [1.54, 1.807) is 12.4 Å². The first kappa shape index (κ1) is 11.2. The highest BCUT2D eigenvalue weighted by molar-refractivity contribution is 6.04. The summed E-state index contributed by atoms with van der Waals surface area (Å²) in [5.74, 6) is 0.433. The maximum atomic E-state index is 11.7. The Morgan fingerprint density at radius 1 is 1.25 bits per heavy atom. The molecular weight excluding hydrogens is 254 g/mol. The SMILES string of the molecule is CC1C(=O)Nc2cc3oc(-c4ccncc4)nc3cc21. The fraction of sp³-hybridized carbons (Fsp3) is 0.133. The molecule has 1 amide bonds. The monoisotopic (exact) mass is 265 g/mol. The van der Waals surface area contributed by atoms with Crippen molar-refractivity contribution in [3.63, 3.8) is 0 Å². The van der Waals surface area contributed by atoms with Gasteiger partial charge in [-0.3, -0.25) is 9.78 Å². The van der Waals surface area contributed by atoms with Crippen LogP contribution in [0.3, 0.4) is 0 Å². The molecule has 1 aromatic carbocycles. The first-order valence-electron chi connectivity index (χ1n) is 6.38. The van der Waals surface area contributed by atoms with E-state index in [1.165, 1.54) is 0 Å². The van der Waals surface area contributed by atoms with Gasteiger partial charge in [0.05, 0.1) is 5.92 Å². The van der Waals surface area contributed by atoms with Crippen LogP contribution in [-0.4, -0.2) is 15.9 Å². The van der Waals surface area contributed by atoms with Crippen molar-refractivity contribution in [3.8, 4) is 11.5 Å². The highest BCUT2D eigenvalue weighted by Gasteiger charge is 2.27. The lowest BCUT2D eigenvalue weighted by molar-refractivity contribution is -0.116. The van der Waals surface area contributed by atoms with Crippen molar-refractivity contribution in [1.82, 2.24) is 9.97 Å². The van der Waals surface area contributed by atoms with Gasteiger partial charge in [0.2, 0.25) is 11.8 Å². The summed E-state index contributed by atoms with van der Waals surface area (Å²) < 4.78 is 5.76. The van der Waals surface area contributed by atoms with Crippen LogP contribution >= 0.6 is 0 Å². The first-order valence-corrected chi connectivity index (χ1v) is 6.38. The summed E-state index contributed by atoms with van der Waals surface area (Å²) in [6.07, 6.45) is 3.40. The van der Waals surface area contributed by atoms with Gasteiger partial charge in [-0.05, 0) is 30.7 Å². The molecule has 0 saturated carbocycles. The Hall–Kier alpha value is -2.69. The van der Waals surface area contributed by atoms with Gasteiger partial charge < -0.3 is 9.73 Å². The first-order chi connectivity index (χ1) is 9.72. The van der Waals surface area contributed by atoms with Gasteiger partial charge in [0, 0.05) is 29.7 Å². The van der Waals surface area contributed by atoms with E-state index in [-0.39, 0.29) is 11.8 Å². The molecule has 1 aliphatic rings. The number of fused-ring (bicyclic) bond motifs is 2. The van der Waals surface area contributed by atoms with Crippen LogP contribution in [0.25, 0.3) is 22.6 Å². The summed E-state index contributed by atoms with van der Waals surface area (Å²) in [5.41, 5.74) is 4.10. The smallest absolute Gasteiger partial charge is 0.231 e. The van der Waals surface area contributed by atoms with E-state index >= 15 is 0 Å². The molecular formula is C15H11N3O2. The number of nitrogens with zero attached hydrogens (tertiary/aromatic N) is 2. The summed E-state index contributed by atoms with van der Waals surface area (Å²) in [5, 5.41) is 2.85. The highest BCUT2D eigenvalue weighted by Crippen LogP contribution is 2.36. The van der Waals surface area contributed by atoms with Crippen molar-refractivity contribution in [2.75, 3.05) is 5.32 Å². The molecule has 1 unspecified atom stereocenters. The van der Waals surface area contributed by atoms with Crippen LogP contribution in [0.5, 0.6) is 0 Å². The van der Waals surface area contributed by atoms with Crippen LogP contribution in [0.2, 0.25) is 0 Å². The molecule has 1 N–H and O–H groups in total. The quantitative estimate of drug-likeness (QED) is 0.734. The van der Waals surface area contributed by atoms with Crippen molar-refractivity contribution >= 4 is 22.7 Å². The standard InChI is InChI=1S/C15H11N3O2/c1-8-10-6-12-13(7-11(10)17-14(8)19)20-15(18-12)9-2-4-16-5-3-9/h2-8H,1H3,(H,17,19). The van der Waals surface area contributed by atoms with Crippen LogP contribution in [0.15, 0.2) is 41.1 Å². The lowest BCUT2D eigenvalue weighted by Crippen LogP contribution is -2.08. The number of anilines is 1. The lowest BCUT2D eigenvalue weighted by atomic mass is 10.0. The molecule has 0 spiro atoms. The molecule has 1 atom stereocenters. The molecule has 0 saturated heterocycles. The predicted octanol–water partition coefficient (Wildman–Crippen LogP) is 2.95. The molecule has 0 radical (unpaired) electrons. The molecule has 0 aliphatic carbocycles. The number of carbonyl (C=O) groups excluding carboxylic acids is 1. The molecule has 0 fully saturated rings. The summed E-state index contributed by atoms with van der Waals surface area (Å²) in [4.78, 5) is 20.1. The maximum Gasteiger partial charge on any atom is 0.231 e. The fourth-order valence-electron chi connectivity index (χ4n) is 2.46. The van der Waals surface area contributed by atoms with E-state index in [4.69, 9.17) is 4.42 Å². The number of rotatable bonds is 1. The van der Waals surface area contributed by atoms with Crippen molar-refractivity contribution in [1.29, 1.82) is 0 Å². The molecule has 5 nitrogen and oxygen atoms in total. The minimum atomic E-state index is -0.143. The van der Waals surface area contributed by atoms with E-state index in [2.05, 4.69) is 15.3 Å². The fourth-order valence-corrected chi connectivity index (χ4v) is 2.46. The van der Waals surface area contributed by atoms with E-state index in [0.29, 0.717) is 11.5 Å². The van der Waals surface area contributed by atoms with Gasteiger partial charge in [0.15, 0.2) is 5.58 Å². The number of hydrogen-bond acceptors (Lipinski definition) is 4. The largest absolute Gasteiger partial charge is 0.436 e. The third-order valence-electron chi connectivity index (χ3n) is 3.60. The van der Waals surface area contributed by atoms with Gasteiger partial charge in [-0.25, -0.2) is 4.98 Å². The average Bonchev–Trinajstić information content (AvgIpc) is 3.00. The third-order valence-corrected chi connectivity index (χ3v) is 3.60. The van der Waals surface area contributed by atoms with E-state index in [9.17, 15) is 4.79 Å². The Balaban J connectivity index is 1.88. The number of nitrogens with one attached hydrogen (secondary N) is 1. The second-order valence-electron chi connectivity index (χ2n) is 4.87. The second-order valence-corrected chi connectivity index (χ2v) is 4.87. The normalized spacial score (nSPS) is 17.2. The zero-order valence-corrected chi connectivity index (χ0v) is 10.8. The van der Waals surface area contributed by atoms with Gasteiger partial charge in [-0.1, -0.05) is 0 Å². The molecule has 3 aromatic rings. The zero-order chi connectivity index (χ0) is 13.7. The molecule has 98 valence electrons. The molecule has 3 heterocycles.